The molecule has 2 unspecified atom stereocenters. The summed E-state index contributed by atoms with van der Waals surface area (Å²) in [4.78, 5) is 4.61. The summed E-state index contributed by atoms with van der Waals surface area (Å²) >= 11 is 0. The number of hydrogen-bond acceptors (Lipinski definition) is 3. The average Bonchev–Trinajstić information content (AvgIpc) is 3.03. The largest absolute Gasteiger partial charge is 0.304 e. The van der Waals surface area contributed by atoms with Gasteiger partial charge in [-0.2, -0.15) is 5.10 Å². The molecule has 1 heterocycles. The van der Waals surface area contributed by atoms with Crippen molar-refractivity contribution in [3.8, 4) is 0 Å². The van der Waals surface area contributed by atoms with E-state index in [2.05, 4.69) is 41.3 Å². The smallest absolute Gasteiger partial charge is 0.153 e. The molecule has 2 saturated carbocycles. The Morgan fingerprint density at radius 2 is 1.95 bits per heavy atom. The summed E-state index contributed by atoms with van der Waals surface area (Å²) in [6, 6.07) is 0.973. The molecule has 0 bridgehead atoms. The van der Waals surface area contributed by atoms with Crippen molar-refractivity contribution in [2.75, 3.05) is 0 Å². The zero-order chi connectivity index (χ0) is 13.5. The quantitative estimate of drug-likeness (QED) is 0.875. The van der Waals surface area contributed by atoms with Crippen LogP contribution in [0.25, 0.3) is 0 Å². The second-order valence-electron chi connectivity index (χ2n) is 6.78. The van der Waals surface area contributed by atoms with Crippen molar-refractivity contribution in [1.82, 2.24) is 20.5 Å². The zero-order valence-corrected chi connectivity index (χ0v) is 12.4. The van der Waals surface area contributed by atoms with Gasteiger partial charge in [0.2, 0.25) is 0 Å². The minimum Gasteiger partial charge on any atom is -0.304 e. The molecule has 3 rings (SSSR count). The molecular formula is C15H26N4. The van der Waals surface area contributed by atoms with Gasteiger partial charge in [0.1, 0.15) is 5.82 Å². The molecule has 2 aliphatic carbocycles. The first-order chi connectivity index (χ1) is 9.11. The van der Waals surface area contributed by atoms with Crippen molar-refractivity contribution in [3.05, 3.63) is 11.6 Å². The lowest BCUT2D eigenvalue weighted by Crippen LogP contribution is -2.52. The molecule has 1 aromatic rings. The highest BCUT2D eigenvalue weighted by atomic mass is 15.2. The van der Waals surface area contributed by atoms with Gasteiger partial charge >= 0.3 is 0 Å². The second-order valence-corrected chi connectivity index (χ2v) is 6.78. The van der Waals surface area contributed by atoms with Crippen LogP contribution in [0.5, 0.6) is 0 Å². The van der Waals surface area contributed by atoms with Crippen LogP contribution in [0.15, 0.2) is 0 Å². The third-order valence-electron chi connectivity index (χ3n) is 5.17. The lowest BCUT2D eigenvalue weighted by atomic mass is 9.63. The van der Waals surface area contributed by atoms with Crippen molar-refractivity contribution in [1.29, 1.82) is 0 Å². The first-order valence-electron chi connectivity index (χ1n) is 7.79. The molecule has 0 aromatic carbocycles. The molecule has 4 nitrogen and oxygen atoms in total. The summed E-state index contributed by atoms with van der Waals surface area (Å²) in [6.07, 6.45) is 8.44. The summed E-state index contributed by atoms with van der Waals surface area (Å²) in [5, 5.41) is 11.2. The zero-order valence-electron chi connectivity index (χ0n) is 12.4. The molecule has 106 valence electrons. The summed E-state index contributed by atoms with van der Waals surface area (Å²) < 4.78 is 0. The Labute approximate surface area is 115 Å². The first-order valence-corrected chi connectivity index (χ1v) is 7.79. The van der Waals surface area contributed by atoms with Gasteiger partial charge < -0.3 is 5.32 Å². The van der Waals surface area contributed by atoms with Gasteiger partial charge in [0.25, 0.3) is 0 Å². The Hall–Kier alpha value is -0.900. The SMILES string of the molecule is CC(C)c1n[nH]c(C(C)NC2CCC23CCCC3)n1. The van der Waals surface area contributed by atoms with Crippen molar-refractivity contribution >= 4 is 0 Å². The van der Waals surface area contributed by atoms with E-state index in [-0.39, 0.29) is 6.04 Å². The van der Waals surface area contributed by atoms with Crippen LogP contribution in [0.4, 0.5) is 0 Å². The molecule has 2 atom stereocenters. The monoisotopic (exact) mass is 262 g/mol. The molecule has 2 N–H and O–H groups in total. The molecule has 0 saturated heterocycles. The fraction of sp³-hybridized carbons (Fsp3) is 0.867. The van der Waals surface area contributed by atoms with Gasteiger partial charge in [0, 0.05) is 12.0 Å². The van der Waals surface area contributed by atoms with E-state index in [9.17, 15) is 0 Å². The fourth-order valence-corrected chi connectivity index (χ4v) is 3.76. The van der Waals surface area contributed by atoms with E-state index >= 15 is 0 Å². The minimum absolute atomic E-state index is 0.280. The third-order valence-corrected chi connectivity index (χ3v) is 5.17. The molecule has 0 amide bonds. The summed E-state index contributed by atoms with van der Waals surface area (Å²) in [5.41, 5.74) is 0.620. The van der Waals surface area contributed by atoms with Crippen LogP contribution >= 0.6 is 0 Å². The first kappa shape index (κ1) is 13.1. The van der Waals surface area contributed by atoms with E-state index in [1.807, 2.05) is 0 Å². The van der Waals surface area contributed by atoms with Crippen LogP contribution in [0.1, 0.15) is 82.9 Å². The van der Waals surface area contributed by atoms with E-state index in [4.69, 9.17) is 0 Å². The lowest BCUT2D eigenvalue weighted by molar-refractivity contribution is 0.0643. The lowest BCUT2D eigenvalue weighted by Gasteiger charge is -2.49. The topological polar surface area (TPSA) is 53.6 Å². The normalized spacial score (nSPS) is 26.8. The van der Waals surface area contributed by atoms with Gasteiger partial charge in [-0.3, -0.25) is 5.10 Å². The molecule has 1 spiro atoms. The van der Waals surface area contributed by atoms with E-state index in [1.54, 1.807) is 0 Å². The Kier molecular flexibility index (Phi) is 3.37. The van der Waals surface area contributed by atoms with Crippen molar-refractivity contribution in [2.24, 2.45) is 5.41 Å². The number of aromatic amines is 1. The third kappa shape index (κ3) is 2.31. The number of hydrogen-bond donors (Lipinski definition) is 2. The highest BCUT2D eigenvalue weighted by Crippen LogP contribution is 2.53. The van der Waals surface area contributed by atoms with Crippen LogP contribution < -0.4 is 5.32 Å². The van der Waals surface area contributed by atoms with E-state index in [1.165, 1.54) is 38.5 Å². The number of H-pyrrole nitrogens is 1. The predicted octanol–water partition coefficient (Wildman–Crippen LogP) is 3.30. The van der Waals surface area contributed by atoms with Gasteiger partial charge in [-0.1, -0.05) is 26.7 Å². The maximum absolute atomic E-state index is 4.61. The van der Waals surface area contributed by atoms with Gasteiger partial charge in [-0.15, -0.1) is 0 Å². The van der Waals surface area contributed by atoms with Crippen molar-refractivity contribution < 1.29 is 0 Å². The Bertz CT molecular complexity index is 431. The van der Waals surface area contributed by atoms with E-state index in [0.717, 1.165) is 11.6 Å². The van der Waals surface area contributed by atoms with Crippen LogP contribution in [0.3, 0.4) is 0 Å². The van der Waals surface area contributed by atoms with Crippen molar-refractivity contribution in [3.63, 3.8) is 0 Å². The average molecular weight is 262 g/mol. The maximum Gasteiger partial charge on any atom is 0.153 e. The molecule has 19 heavy (non-hydrogen) atoms. The molecule has 4 heteroatoms. The predicted molar refractivity (Wildman–Crippen MR) is 75.9 cm³/mol. The van der Waals surface area contributed by atoms with Gasteiger partial charge in [0.15, 0.2) is 5.82 Å². The summed E-state index contributed by atoms with van der Waals surface area (Å²) in [6.45, 7) is 6.46. The van der Waals surface area contributed by atoms with Crippen LogP contribution in [0.2, 0.25) is 0 Å². The maximum atomic E-state index is 4.61. The Balaban J connectivity index is 1.63. The molecular weight excluding hydrogens is 236 g/mol. The molecule has 2 aliphatic rings. The number of nitrogens with zero attached hydrogens (tertiary/aromatic N) is 2. The standard InChI is InChI=1S/C15H26N4/c1-10(2)13-17-14(19-18-13)11(3)16-12-6-9-15(12)7-4-5-8-15/h10-12,16H,4-9H2,1-3H3,(H,17,18,19). The second kappa shape index (κ2) is 4.89. The fourth-order valence-electron chi connectivity index (χ4n) is 3.76. The van der Waals surface area contributed by atoms with Crippen molar-refractivity contribution in [2.45, 2.75) is 77.3 Å². The highest BCUT2D eigenvalue weighted by Gasteiger charge is 2.48. The van der Waals surface area contributed by atoms with Gasteiger partial charge in [-0.05, 0) is 38.0 Å². The number of rotatable bonds is 4. The molecule has 2 fully saturated rings. The van der Waals surface area contributed by atoms with E-state index < -0.39 is 0 Å². The molecule has 1 aromatic heterocycles. The Morgan fingerprint density at radius 1 is 1.21 bits per heavy atom. The molecule has 0 radical (unpaired) electrons. The Morgan fingerprint density at radius 3 is 2.47 bits per heavy atom. The van der Waals surface area contributed by atoms with Crippen LogP contribution in [-0.4, -0.2) is 21.2 Å². The van der Waals surface area contributed by atoms with Crippen LogP contribution in [-0.2, 0) is 0 Å². The highest BCUT2D eigenvalue weighted by molar-refractivity contribution is 5.06. The van der Waals surface area contributed by atoms with Crippen LogP contribution in [0, 0.1) is 5.41 Å². The van der Waals surface area contributed by atoms with Gasteiger partial charge in [-0.25, -0.2) is 4.98 Å². The number of nitrogens with one attached hydrogen (secondary N) is 2. The number of aromatic nitrogens is 3. The molecule has 0 aliphatic heterocycles. The van der Waals surface area contributed by atoms with Gasteiger partial charge in [0.05, 0.1) is 6.04 Å². The minimum atomic E-state index is 0.280. The van der Waals surface area contributed by atoms with E-state index in [0.29, 0.717) is 17.4 Å². The summed E-state index contributed by atoms with van der Waals surface area (Å²) in [5.74, 6) is 2.30. The summed E-state index contributed by atoms with van der Waals surface area (Å²) in [7, 11) is 0.